The molecule has 1 fully saturated rings. The zero-order valence-corrected chi connectivity index (χ0v) is 15.2. The van der Waals surface area contributed by atoms with Crippen molar-refractivity contribution in [1.29, 1.82) is 0 Å². The summed E-state index contributed by atoms with van der Waals surface area (Å²) in [7, 11) is 1.65. The van der Waals surface area contributed by atoms with Gasteiger partial charge >= 0.3 is 0 Å². The molecule has 104 valence electrons. The highest BCUT2D eigenvalue weighted by atomic mass is 127. The predicted octanol–water partition coefficient (Wildman–Crippen LogP) is 3.97. The topological polar surface area (TPSA) is 38.3 Å². The minimum absolute atomic E-state index is 0.0328. The number of rotatable bonds is 3. The number of hydrogen-bond acceptors (Lipinski definition) is 2. The number of ether oxygens (including phenoxy) is 1. The molecule has 1 aromatic rings. The number of amides is 1. The lowest BCUT2D eigenvalue weighted by Gasteiger charge is -2.23. The van der Waals surface area contributed by atoms with Crippen molar-refractivity contribution in [1.82, 2.24) is 5.32 Å². The van der Waals surface area contributed by atoms with Gasteiger partial charge < -0.3 is 10.1 Å². The standard InChI is InChI=1S/C14H17I2NO2/c1-19-13-11(15)7-9(8-12(13)16)14(18)17-10-5-3-2-4-6-10/h7-8,10H,2-6H2,1H3,(H,17,18). The third kappa shape index (κ3) is 3.96. The number of halogens is 2. The van der Waals surface area contributed by atoms with Crippen LogP contribution in [0, 0.1) is 7.14 Å². The van der Waals surface area contributed by atoms with Gasteiger partial charge in [0.25, 0.3) is 5.91 Å². The Hall–Kier alpha value is -0.0500. The van der Waals surface area contributed by atoms with E-state index in [1.807, 2.05) is 12.1 Å². The Morgan fingerprint density at radius 3 is 2.32 bits per heavy atom. The summed E-state index contributed by atoms with van der Waals surface area (Å²) in [6.07, 6.45) is 5.96. The summed E-state index contributed by atoms with van der Waals surface area (Å²) in [6.45, 7) is 0. The van der Waals surface area contributed by atoms with E-state index in [-0.39, 0.29) is 5.91 Å². The van der Waals surface area contributed by atoms with E-state index in [1.54, 1.807) is 7.11 Å². The van der Waals surface area contributed by atoms with Crippen LogP contribution >= 0.6 is 45.2 Å². The normalized spacial score (nSPS) is 16.2. The molecule has 1 saturated carbocycles. The van der Waals surface area contributed by atoms with Crippen LogP contribution < -0.4 is 10.1 Å². The summed E-state index contributed by atoms with van der Waals surface area (Å²) in [5.41, 5.74) is 0.722. The zero-order valence-electron chi connectivity index (χ0n) is 10.8. The van der Waals surface area contributed by atoms with Gasteiger partial charge in [0, 0.05) is 11.6 Å². The third-order valence-corrected chi connectivity index (χ3v) is 5.01. The smallest absolute Gasteiger partial charge is 0.251 e. The molecule has 0 saturated heterocycles. The molecule has 0 radical (unpaired) electrons. The molecule has 0 atom stereocenters. The average molecular weight is 485 g/mol. The van der Waals surface area contributed by atoms with Gasteiger partial charge in [-0.25, -0.2) is 0 Å². The van der Waals surface area contributed by atoms with Gasteiger partial charge in [-0.2, -0.15) is 0 Å². The van der Waals surface area contributed by atoms with Crippen molar-refractivity contribution >= 4 is 51.1 Å². The van der Waals surface area contributed by atoms with E-state index in [0.29, 0.717) is 6.04 Å². The maximum Gasteiger partial charge on any atom is 0.251 e. The summed E-state index contributed by atoms with van der Waals surface area (Å²) < 4.78 is 7.26. The predicted molar refractivity (Wildman–Crippen MR) is 92.8 cm³/mol. The van der Waals surface area contributed by atoms with E-state index in [1.165, 1.54) is 19.3 Å². The summed E-state index contributed by atoms with van der Waals surface area (Å²) >= 11 is 4.41. The Morgan fingerprint density at radius 2 is 1.79 bits per heavy atom. The van der Waals surface area contributed by atoms with Crippen LogP contribution in [0.4, 0.5) is 0 Å². The fourth-order valence-corrected chi connectivity index (χ4v) is 4.61. The number of carbonyl (C=O) groups excluding carboxylic acids is 1. The van der Waals surface area contributed by atoms with Gasteiger partial charge in [0.2, 0.25) is 0 Å². The van der Waals surface area contributed by atoms with Gasteiger partial charge in [0.1, 0.15) is 5.75 Å². The largest absolute Gasteiger partial charge is 0.495 e. The van der Waals surface area contributed by atoms with Crippen LogP contribution in [0.3, 0.4) is 0 Å². The van der Waals surface area contributed by atoms with E-state index < -0.39 is 0 Å². The van der Waals surface area contributed by atoms with E-state index in [9.17, 15) is 4.79 Å². The Bertz CT molecular complexity index is 448. The maximum absolute atomic E-state index is 12.3. The molecule has 0 aliphatic heterocycles. The average Bonchev–Trinajstić information content (AvgIpc) is 2.39. The molecule has 3 nitrogen and oxygen atoms in total. The lowest BCUT2D eigenvalue weighted by Crippen LogP contribution is -2.36. The molecule has 0 aromatic heterocycles. The third-order valence-electron chi connectivity index (χ3n) is 3.40. The van der Waals surface area contributed by atoms with Gasteiger partial charge in [-0.1, -0.05) is 19.3 Å². The molecule has 1 aliphatic carbocycles. The molecule has 5 heteroatoms. The number of benzene rings is 1. The first-order valence-corrected chi connectivity index (χ1v) is 8.61. The van der Waals surface area contributed by atoms with Crippen molar-refractivity contribution in [2.24, 2.45) is 0 Å². The van der Waals surface area contributed by atoms with Crippen molar-refractivity contribution in [2.75, 3.05) is 7.11 Å². The van der Waals surface area contributed by atoms with Crippen LogP contribution in [-0.2, 0) is 0 Å². The Kier molecular flexibility index (Phi) is 5.73. The first-order chi connectivity index (χ1) is 9.11. The minimum Gasteiger partial charge on any atom is -0.495 e. The molecule has 19 heavy (non-hydrogen) atoms. The maximum atomic E-state index is 12.3. The zero-order chi connectivity index (χ0) is 13.8. The van der Waals surface area contributed by atoms with Gasteiger partial charge in [-0.15, -0.1) is 0 Å². The fourth-order valence-electron chi connectivity index (χ4n) is 2.40. The van der Waals surface area contributed by atoms with Crippen molar-refractivity contribution in [3.63, 3.8) is 0 Å². The van der Waals surface area contributed by atoms with Crippen LogP contribution in [0.1, 0.15) is 42.5 Å². The van der Waals surface area contributed by atoms with Crippen molar-refractivity contribution in [3.8, 4) is 5.75 Å². The Labute approximate surface area is 141 Å². The summed E-state index contributed by atoms with van der Waals surface area (Å²) in [6, 6.07) is 4.12. The molecule has 0 spiro atoms. The van der Waals surface area contributed by atoms with Crippen molar-refractivity contribution in [3.05, 3.63) is 24.8 Å². The monoisotopic (exact) mass is 485 g/mol. The van der Waals surface area contributed by atoms with Crippen LogP contribution in [0.2, 0.25) is 0 Å². The molecule has 0 heterocycles. The first-order valence-electron chi connectivity index (χ1n) is 6.45. The van der Waals surface area contributed by atoms with E-state index >= 15 is 0 Å². The first kappa shape index (κ1) is 15.3. The highest BCUT2D eigenvalue weighted by Gasteiger charge is 2.18. The van der Waals surface area contributed by atoms with Crippen LogP contribution in [-0.4, -0.2) is 19.1 Å². The molecule has 1 aromatic carbocycles. The second kappa shape index (κ2) is 7.10. The van der Waals surface area contributed by atoms with Gasteiger partial charge in [0.05, 0.1) is 14.3 Å². The number of hydrogen-bond donors (Lipinski definition) is 1. The molecule has 1 N–H and O–H groups in total. The Balaban J connectivity index is 2.10. The van der Waals surface area contributed by atoms with Gasteiger partial charge in [-0.3, -0.25) is 4.79 Å². The molecular weight excluding hydrogens is 468 g/mol. The highest BCUT2D eigenvalue weighted by molar-refractivity contribution is 14.1. The van der Waals surface area contributed by atoms with Gasteiger partial charge in [-0.05, 0) is 70.2 Å². The second-order valence-electron chi connectivity index (χ2n) is 4.78. The van der Waals surface area contributed by atoms with E-state index in [2.05, 4.69) is 50.5 Å². The van der Waals surface area contributed by atoms with E-state index in [0.717, 1.165) is 31.3 Å². The van der Waals surface area contributed by atoms with Crippen molar-refractivity contribution in [2.45, 2.75) is 38.1 Å². The van der Waals surface area contributed by atoms with Crippen LogP contribution in [0.25, 0.3) is 0 Å². The lowest BCUT2D eigenvalue weighted by molar-refractivity contribution is 0.0927. The number of carbonyl (C=O) groups is 1. The molecule has 0 bridgehead atoms. The summed E-state index contributed by atoms with van der Waals surface area (Å²) in [4.78, 5) is 12.3. The highest BCUT2D eigenvalue weighted by Crippen LogP contribution is 2.28. The summed E-state index contributed by atoms with van der Waals surface area (Å²) in [5.74, 6) is 0.876. The molecule has 0 unspecified atom stereocenters. The van der Waals surface area contributed by atoms with Gasteiger partial charge in [0.15, 0.2) is 0 Å². The number of nitrogens with one attached hydrogen (secondary N) is 1. The Morgan fingerprint density at radius 1 is 1.21 bits per heavy atom. The second-order valence-corrected chi connectivity index (χ2v) is 7.11. The minimum atomic E-state index is 0.0328. The fraction of sp³-hybridized carbons (Fsp3) is 0.500. The summed E-state index contributed by atoms with van der Waals surface area (Å²) in [5, 5.41) is 3.14. The van der Waals surface area contributed by atoms with Crippen molar-refractivity contribution < 1.29 is 9.53 Å². The molecule has 1 amide bonds. The number of methoxy groups -OCH3 is 1. The lowest BCUT2D eigenvalue weighted by atomic mass is 9.95. The van der Waals surface area contributed by atoms with Crippen LogP contribution in [0.5, 0.6) is 5.75 Å². The quantitative estimate of drug-likeness (QED) is 0.659. The molecule has 1 aliphatic rings. The molecular formula is C14H17I2NO2. The van der Waals surface area contributed by atoms with E-state index in [4.69, 9.17) is 4.74 Å². The van der Waals surface area contributed by atoms with Crippen LogP contribution in [0.15, 0.2) is 12.1 Å². The SMILES string of the molecule is COc1c(I)cc(C(=O)NC2CCCCC2)cc1I. The molecule has 2 rings (SSSR count).